The molecule has 0 saturated heterocycles. The van der Waals surface area contributed by atoms with Gasteiger partial charge in [0.15, 0.2) is 5.78 Å². The summed E-state index contributed by atoms with van der Waals surface area (Å²) in [6.07, 6.45) is 6.38. The molecule has 0 aliphatic heterocycles. The first kappa shape index (κ1) is 23.4. The van der Waals surface area contributed by atoms with Gasteiger partial charge in [-0.15, -0.1) is 12.4 Å². The zero-order chi connectivity index (χ0) is 19.9. The minimum absolute atomic E-state index is 0. The van der Waals surface area contributed by atoms with Crippen LogP contribution < -0.4 is 10.2 Å². The first-order valence-corrected chi connectivity index (χ1v) is 10.3. The summed E-state index contributed by atoms with van der Waals surface area (Å²) in [5, 5.41) is 3.77. The van der Waals surface area contributed by atoms with E-state index in [1.54, 1.807) is 42.3 Å². The third kappa shape index (κ3) is 6.30. The van der Waals surface area contributed by atoms with Crippen molar-refractivity contribution in [2.45, 2.75) is 32.1 Å². The van der Waals surface area contributed by atoms with E-state index in [2.05, 4.69) is 5.32 Å². The van der Waals surface area contributed by atoms with Gasteiger partial charge in [0.25, 0.3) is 0 Å². The molecule has 0 unspecified atom stereocenters. The number of hydrogen-bond acceptors (Lipinski definition) is 3. The van der Waals surface area contributed by atoms with Crippen LogP contribution in [0.5, 0.6) is 0 Å². The first-order valence-electron chi connectivity index (χ1n) is 9.93. The molecule has 1 amide bonds. The highest BCUT2D eigenvalue weighted by Crippen LogP contribution is 2.26. The number of carbonyl (C=O) groups excluding carboxylic acids is 2. The molecule has 2 aromatic rings. The Bertz CT molecular complexity index is 821. The largest absolute Gasteiger partial charge is 0.314 e. The molecule has 0 bridgehead atoms. The summed E-state index contributed by atoms with van der Waals surface area (Å²) in [6.45, 7) is 1.13. The van der Waals surface area contributed by atoms with Gasteiger partial charge < -0.3 is 10.2 Å². The van der Waals surface area contributed by atoms with Gasteiger partial charge >= 0.3 is 0 Å². The van der Waals surface area contributed by atoms with Crippen LogP contribution in [-0.2, 0) is 4.79 Å². The maximum Gasteiger partial charge on any atom is 0.240 e. The van der Waals surface area contributed by atoms with Gasteiger partial charge in [0, 0.05) is 23.2 Å². The average Bonchev–Trinajstić information content (AvgIpc) is 2.74. The molecule has 0 radical (unpaired) electrons. The number of nitrogens with zero attached hydrogens (tertiary/aromatic N) is 1. The zero-order valence-corrected chi connectivity index (χ0v) is 18.3. The highest BCUT2D eigenvalue weighted by molar-refractivity contribution is 6.31. The van der Waals surface area contributed by atoms with E-state index in [0.29, 0.717) is 27.8 Å². The standard InChI is InChI=1S/C23H27ClN2O2.ClH/c1-26(22(27)16-25-15-17-8-4-2-5-9-17)21-13-12-19(24)14-20(21)23(28)18-10-6-3-7-11-18;/h3,6-7,10-14,17,25H,2,4-5,8-9,15-16H2,1H3;1H. The maximum absolute atomic E-state index is 13.0. The minimum atomic E-state index is -0.145. The molecule has 1 fully saturated rings. The molecule has 0 heterocycles. The molecule has 0 atom stereocenters. The lowest BCUT2D eigenvalue weighted by Gasteiger charge is -2.24. The Hall–Kier alpha value is -1.88. The molecule has 1 aliphatic carbocycles. The van der Waals surface area contributed by atoms with E-state index in [9.17, 15) is 9.59 Å². The fourth-order valence-corrected chi connectivity index (χ4v) is 3.93. The molecular formula is C23H28Cl2N2O2. The highest BCUT2D eigenvalue weighted by atomic mass is 35.5. The van der Waals surface area contributed by atoms with Crippen LogP contribution in [0.25, 0.3) is 0 Å². The van der Waals surface area contributed by atoms with Crippen LogP contribution in [0.4, 0.5) is 5.69 Å². The number of ketones is 1. The summed E-state index contributed by atoms with van der Waals surface area (Å²) >= 11 is 6.13. The lowest BCUT2D eigenvalue weighted by molar-refractivity contribution is -0.117. The van der Waals surface area contributed by atoms with Crippen molar-refractivity contribution in [2.75, 3.05) is 25.0 Å². The minimum Gasteiger partial charge on any atom is -0.314 e. The van der Waals surface area contributed by atoms with E-state index in [4.69, 9.17) is 11.6 Å². The van der Waals surface area contributed by atoms with E-state index in [-0.39, 0.29) is 30.6 Å². The summed E-state index contributed by atoms with van der Waals surface area (Å²) in [5.74, 6) is 0.450. The van der Waals surface area contributed by atoms with E-state index >= 15 is 0 Å². The maximum atomic E-state index is 13.0. The Kier molecular flexibility index (Phi) is 9.15. The number of amides is 1. The molecule has 29 heavy (non-hydrogen) atoms. The van der Waals surface area contributed by atoms with Crippen LogP contribution in [0.1, 0.15) is 48.0 Å². The van der Waals surface area contributed by atoms with E-state index in [0.717, 1.165) is 6.54 Å². The molecule has 1 N–H and O–H groups in total. The molecule has 0 spiro atoms. The predicted molar refractivity (Wildman–Crippen MR) is 121 cm³/mol. The van der Waals surface area contributed by atoms with Crippen molar-refractivity contribution in [3.8, 4) is 0 Å². The molecule has 0 aromatic heterocycles. The lowest BCUT2D eigenvalue weighted by Crippen LogP contribution is -2.38. The number of carbonyl (C=O) groups is 2. The lowest BCUT2D eigenvalue weighted by atomic mass is 9.89. The van der Waals surface area contributed by atoms with Crippen molar-refractivity contribution >= 4 is 41.4 Å². The van der Waals surface area contributed by atoms with Gasteiger partial charge in [-0.05, 0) is 43.5 Å². The Balaban J connectivity index is 0.00000300. The smallest absolute Gasteiger partial charge is 0.240 e. The van der Waals surface area contributed by atoms with E-state index in [1.165, 1.54) is 32.1 Å². The molecular weight excluding hydrogens is 407 g/mol. The predicted octanol–water partition coefficient (Wildman–Crippen LogP) is 5.13. The zero-order valence-electron chi connectivity index (χ0n) is 16.7. The number of benzene rings is 2. The quantitative estimate of drug-likeness (QED) is 0.614. The van der Waals surface area contributed by atoms with Gasteiger partial charge in [-0.25, -0.2) is 0 Å². The van der Waals surface area contributed by atoms with Gasteiger partial charge in [0.1, 0.15) is 0 Å². The summed E-state index contributed by atoms with van der Waals surface area (Å²) in [4.78, 5) is 27.2. The second-order valence-corrected chi connectivity index (χ2v) is 7.88. The van der Waals surface area contributed by atoms with Crippen molar-refractivity contribution in [1.29, 1.82) is 0 Å². The number of hydrogen-bond donors (Lipinski definition) is 1. The Labute approximate surface area is 184 Å². The van der Waals surface area contributed by atoms with Gasteiger partial charge in [-0.2, -0.15) is 0 Å². The number of likely N-dealkylation sites (N-methyl/N-ethyl adjacent to an activating group) is 1. The Morgan fingerprint density at radius 3 is 2.45 bits per heavy atom. The fourth-order valence-electron chi connectivity index (χ4n) is 3.76. The number of anilines is 1. The van der Waals surface area contributed by atoms with Crippen LogP contribution in [-0.4, -0.2) is 31.8 Å². The number of rotatable bonds is 7. The summed E-state index contributed by atoms with van der Waals surface area (Å²) in [6, 6.07) is 14.1. The third-order valence-corrected chi connectivity index (χ3v) is 5.64. The topological polar surface area (TPSA) is 49.4 Å². The Morgan fingerprint density at radius 1 is 1.07 bits per heavy atom. The van der Waals surface area contributed by atoms with Crippen LogP contribution in [0.3, 0.4) is 0 Å². The summed E-state index contributed by atoms with van der Waals surface area (Å²) < 4.78 is 0. The summed E-state index contributed by atoms with van der Waals surface area (Å²) in [5.41, 5.74) is 1.58. The number of halogens is 2. The van der Waals surface area contributed by atoms with E-state index < -0.39 is 0 Å². The van der Waals surface area contributed by atoms with Crippen LogP contribution in [0.2, 0.25) is 5.02 Å². The van der Waals surface area contributed by atoms with Crippen LogP contribution in [0.15, 0.2) is 48.5 Å². The number of nitrogens with one attached hydrogen (secondary N) is 1. The van der Waals surface area contributed by atoms with Crippen molar-refractivity contribution in [2.24, 2.45) is 5.92 Å². The van der Waals surface area contributed by atoms with E-state index in [1.807, 2.05) is 18.2 Å². The van der Waals surface area contributed by atoms with Crippen LogP contribution in [0, 0.1) is 5.92 Å². The third-order valence-electron chi connectivity index (χ3n) is 5.41. The molecule has 4 nitrogen and oxygen atoms in total. The van der Waals surface area contributed by atoms with Gasteiger partial charge in [0.2, 0.25) is 5.91 Å². The van der Waals surface area contributed by atoms with Gasteiger partial charge in [-0.1, -0.05) is 61.2 Å². The first-order chi connectivity index (χ1) is 13.6. The average molecular weight is 435 g/mol. The Morgan fingerprint density at radius 2 is 1.76 bits per heavy atom. The monoisotopic (exact) mass is 434 g/mol. The second kappa shape index (κ2) is 11.3. The van der Waals surface area contributed by atoms with Crippen LogP contribution >= 0.6 is 24.0 Å². The highest BCUT2D eigenvalue weighted by Gasteiger charge is 2.21. The molecule has 2 aromatic carbocycles. The van der Waals surface area contributed by atoms with Crippen molar-refractivity contribution < 1.29 is 9.59 Å². The molecule has 3 rings (SSSR count). The molecule has 1 aliphatic rings. The van der Waals surface area contributed by atoms with Crippen molar-refractivity contribution in [1.82, 2.24) is 5.32 Å². The SMILES string of the molecule is CN(C(=O)CNCC1CCCCC1)c1ccc(Cl)cc1C(=O)c1ccccc1.Cl. The van der Waals surface area contributed by atoms with Gasteiger partial charge in [0.05, 0.1) is 12.2 Å². The van der Waals surface area contributed by atoms with Crippen molar-refractivity contribution in [3.05, 3.63) is 64.7 Å². The molecule has 6 heteroatoms. The summed E-state index contributed by atoms with van der Waals surface area (Å²) in [7, 11) is 1.70. The van der Waals surface area contributed by atoms with Crippen molar-refractivity contribution in [3.63, 3.8) is 0 Å². The van der Waals surface area contributed by atoms with Gasteiger partial charge in [-0.3, -0.25) is 9.59 Å². The molecule has 1 saturated carbocycles. The second-order valence-electron chi connectivity index (χ2n) is 7.44. The molecule has 156 valence electrons. The normalized spacial score (nSPS) is 14.1. The fraction of sp³-hybridized carbons (Fsp3) is 0.391.